The van der Waals surface area contributed by atoms with Crippen molar-refractivity contribution in [2.75, 3.05) is 6.54 Å². The fraction of sp³-hybridized carbons (Fsp3) is 0.235. The fourth-order valence-electron chi connectivity index (χ4n) is 2.98. The monoisotopic (exact) mass is 281 g/mol. The molecule has 1 aliphatic rings. The van der Waals surface area contributed by atoms with Crippen LogP contribution in [0.5, 0.6) is 0 Å². The van der Waals surface area contributed by atoms with E-state index in [-0.39, 0.29) is 11.9 Å². The van der Waals surface area contributed by atoms with Crippen LogP contribution in [-0.4, -0.2) is 17.4 Å². The van der Waals surface area contributed by atoms with Crippen LogP contribution in [0.15, 0.2) is 54.6 Å². The molecule has 4 nitrogen and oxygen atoms in total. The number of rotatable bonds is 3. The van der Waals surface area contributed by atoms with E-state index in [0.717, 1.165) is 25.1 Å². The summed E-state index contributed by atoms with van der Waals surface area (Å²) in [6, 6.07) is 17.8. The zero-order chi connectivity index (χ0) is 14.7. The minimum absolute atomic E-state index is 0.166. The number of fused-ring (bicyclic) bond motifs is 1. The van der Waals surface area contributed by atoms with E-state index in [1.165, 1.54) is 11.1 Å². The molecule has 3 rings (SSSR count). The Kier molecular flexibility index (Phi) is 3.99. The first kappa shape index (κ1) is 13.8. The van der Waals surface area contributed by atoms with Crippen LogP contribution in [0, 0.1) is 0 Å². The second-order valence-corrected chi connectivity index (χ2v) is 5.31. The Balaban J connectivity index is 1.90. The van der Waals surface area contributed by atoms with E-state index >= 15 is 0 Å². The molecular weight excluding hydrogens is 262 g/mol. The van der Waals surface area contributed by atoms with Crippen LogP contribution in [0.4, 0.5) is 0 Å². The summed E-state index contributed by atoms with van der Waals surface area (Å²) < 4.78 is 0. The van der Waals surface area contributed by atoms with E-state index in [4.69, 9.17) is 5.84 Å². The molecule has 0 spiro atoms. The van der Waals surface area contributed by atoms with Gasteiger partial charge in [-0.3, -0.25) is 15.1 Å². The van der Waals surface area contributed by atoms with Gasteiger partial charge in [-0.2, -0.15) is 0 Å². The number of carbonyl (C=O) groups is 1. The molecule has 1 aliphatic heterocycles. The molecule has 1 amide bonds. The zero-order valence-electron chi connectivity index (χ0n) is 11.8. The summed E-state index contributed by atoms with van der Waals surface area (Å²) in [5.41, 5.74) is 5.93. The van der Waals surface area contributed by atoms with E-state index < -0.39 is 0 Å². The normalized spacial score (nSPS) is 16.0. The van der Waals surface area contributed by atoms with Crippen molar-refractivity contribution in [3.8, 4) is 0 Å². The maximum atomic E-state index is 12.2. The van der Waals surface area contributed by atoms with Gasteiger partial charge in [0.25, 0.3) is 5.91 Å². The number of nitrogens with zero attached hydrogens (tertiary/aromatic N) is 1. The van der Waals surface area contributed by atoms with Crippen molar-refractivity contribution in [2.45, 2.75) is 19.0 Å². The van der Waals surface area contributed by atoms with Crippen LogP contribution in [0.25, 0.3) is 0 Å². The summed E-state index contributed by atoms with van der Waals surface area (Å²) in [6.45, 7) is 1.62. The SMILES string of the molecule is NNC(=O)C(c1ccccc1)N1CCc2ccccc2C1. The topological polar surface area (TPSA) is 58.4 Å². The van der Waals surface area contributed by atoms with Gasteiger partial charge in [0.05, 0.1) is 0 Å². The Hall–Kier alpha value is -2.17. The molecule has 2 aromatic rings. The maximum Gasteiger partial charge on any atom is 0.255 e. The fourth-order valence-corrected chi connectivity index (χ4v) is 2.98. The minimum atomic E-state index is -0.343. The Labute approximate surface area is 124 Å². The van der Waals surface area contributed by atoms with Gasteiger partial charge >= 0.3 is 0 Å². The minimum Gasteiger partial charge on any atom is -0.293 e. The molecule has 0 saturated carbocycles. The van der Waals surface area contributed by atoms with Crippen molar-refractivity contribution < 1.29 is 4.79 Å². The van der Waals surface area contributed by atoms with E-state index in [0.29, 0.717) is 0 Å². The van der Waals surface area contributed by atoms with Gasteiger partial charge in [0, 0.05) is 13.1 Å². The highest BCUT2D eigenvalue weighted by Crippen LogP contribution is 2.27. The molecule has 0 saturated heterocycles. The van der Waals surface area contributed by atoms with Gasteiger partial charge < -0.3 is 0 Å². The molecule has 2 aromatic carbocycles. The predicted molar refractivity (Wildman–Crippen MR) is 82.1 cm³/mol. The van der Waals surface area contributed by atoms with Crippen molar-refractivity contribution in [2.24, 2.45) is 5.84 Å². The van der Waals surface area contributed by atoms with Crippen LogP contribution < -0.4 is 11.3 Å². The summed E-state index contributed by atoms with van der Waals surface area (Å²) in [4.78, 5) is 14.4. The standard InChI is InChI=1S/C17H19N3O/c18-19-17(21)16(14-7-2-1-3-8-14)20-11-10-13-6-4-5-9-15(13)12-20/h1-9,16H,10-12,18H2,(H,19,21). The quantitative estimate of drug-likeness (QED) is 0.512. The third-order valence-corrected chi connectivity index (χ3v) is 4.03. The Morgan fingerprint density at radius 1 is 1.05 bits per heavy atom. The third kappa shape index (κ3) is 2.82. The number of benzene rings is 2. The molecule has 1 unspecified atom stereocenters. The highest BCUT2D eigenvalue weighted by atomic mass is 16.2. The van der Waals surface area contributed by atoms with Crippen molar-refractivity contribution in [3.05, 3.63) is 71.3 Å². The van der Waals surface area contributed by atoms with Crippen LogP contribution in [0.2, 0.25) is 0 Å². The van der Waals surface area contributed by atoms with E-state index in [1.54, 1.807) is 0 Å². The highest BCUT2D eigenvalue weighted by molar-refractivity contribution is 5.82. The van der Waals surface area contributed by atoms with Gasteiger partial charge in [0.15, 0.2) is 0 Å². The first-order chi connectivity index (χ1) is 10.3. The molecule has 0 aromatic heterocycles. The maximum absolute atomic E-state index is 12.2. The number of hydrazine groups is 1. The lowest BCUT2D eigenvalue weighted by molar-refractivity contribution is -0.127. The van der Waals surface area contributed by atoms with Crippen molar-refractivity contribution in [3.63, 3.8) is 0 Å². The lowest BCUT2D eigenvalue weighted by Crippen LogP contribution is -2.45. The van der Waals surface area contributed by atoms with Gasteiger partial charge in [-0.15, -0.1) is 0 Å². The van der Waals surface area contributed by atoms with Crippen LogP contribution >= 0.6 is 0 Å². The summed E-state index contributed by atoms with van der Waals surface area (Å²) in [7, 11) is 0. The highest BCUT2D eigenvalue weighted by Gasteiger charge is 2.29. The Morgan fingerprint density at radius 3 is 2.43 bits per heavy atom. The molecule has 1 heterocycles. The number of amides is 1. The molecule has 4 heteroatoms. The number of hydrogen-bond donors (Lipinski definition) is 2. The smallest absolute Gasteiger partial charge is 0.255 e. The second-order valence-electron chi connectivity index (χ2n) is 5.31. The third-order valence-electron chi connectivity index (χ3n) is 4.03. The molecule has 108 valence electrons. The van der Waals surface area contributed by atoms with Crippen LogP contribution in [0.1, 0.15) is 22.7 Å². The number of nitrogens with one attached hydrogen (secondary N) is 1. The first-order valence-corrected chi connectivity index (χ1v) is 7.16. The molecule has 0 aliphatic carbocycles. The van der Waals surface area contributed by atoms with Crippen LogP contribution in [0.3, 0.4) is 0 Å². The molecule has 21 heavy (non-hydrogen) atoms. The van der Waals surface area contributed by atoms with Gasteiger partial charge in [0.1, 0.15) is 6.04 Å². The van der Waals surface area contributed by atoms with Gasteiger partial charge in [-0.1, -0.05) is 54.6 Å². The number of hydrogen-bond acceptors (Lipinski definition) is 3. The number of carbonyl (C=O) groups excluding carboxylic acids is 1. The molecule has 3 N–H and O–H groups in total. The summed E-state index contributed by atoms with van der Waals surface area (Å²) in [5, 5.41) is 0. The van der Waals surface area contributed by atoms with Gasteiger partial charge in [0.2, 0.25) is 0 Å². The van der Waals surface area contributed by atoms with Crippen LogP contribution in [-0.2, 0) is 17.8 Å². The second kappa shape index (κ2) is 6.08. The van der Waals surface area contributed by atoms with E-state index in [1.807, 2.05) is 36.4 Å². The van der Waals surface area contributed by atoms with E-state index in [2.05, 4.69) is 28.5 Å². The lowest BCUT2D eigenvalue weighted by Gasteiger charge is -2.34. The summed E-state index contributed by atoms with van der Waals surface area (Å²) in [6.07, 6.45) is 0.956. The van der Waals surface area contributed by atoms with Crippen molar-refractivity contribution in [1.29, 1.82) is 0 Å². The van der Waals surface area contributed by atoms with Gasteiger partial charge in [-0.25, -0.2) is 5.84 Å². The predicted octanol–water partition coefficient (Wildman–Crippen LogP) is 1.78. The molecule has 0 radical (unpaired) electrons. The molecular formula is C17H19N3O. The van der Waals surface area contributed by atoms with E-state index in [9.17, 15) is 4.79 Å². The number of nitrogens with two attached hydrogens (primary N) is 1. The molecule has 0 bridgehead atoms. The lowest BCUT2D eigenvalue weighted by atomic mass is 9.96. The largest absolute Gasteiger partial charge is 0.293 e. The van der Waals surface area contributed by atoms with Crippen molar-refractivity contribution >= 4 is 5.91 Å². The molecule has 1 atom stereocenters. The first-order valence-electron chi connectivity index (χ1n) is 7.16. The van der Waals surface area contributed by atoms with Crippen molar-refractivity contribution in [1.82, 2.24) is 10.3 Å². The summed E-state index contributed by atoms with van der Waals surface area (Å²) in [5.74, 6) is 5.22. The summed E-state index contributed by atoms with van der Waals surface area (Å²) >= 11 is 0. The Bertz CT molecular complexity index is 627. The average molecular weight is 281 g/mol. The average Bonchev–Trinajstić information content (AvgIpc) is 2.56. The van der Waals surface area contributed by atoms with Gasteiger partial charge in [-0.05, 0) is 23.1 Å². The molecule has 0 fully saturated rings. The Morgan fingerprint density at radius 2 is 1.71 bits per heavy atom. The zero-order valence-corrected chi connectivity index (χ0v) is 11.8.